The van der Waals surface area contributed by atoms with Crippen LogP contribution >= 0.6 is 15.9 Å². The van der Waals surface area contributed by atoms with E-state index in [0.29, 0.717) is 11.2 Å². The first-order valence-corrected chi connectivity index (χ1v) is 7.68. The Morgan fingerprint density at radius 1 is 1.14 bits per heavy atom. The average Bonchev–Trinajstić information content (AvgIpc) is 2.50. The van der Waals surface area contributed by atoms with E-state index < -0.39 is 5.82 Å². The van der Waals surface area contributed by atoms with Crippen LogP contribution < -0.4 is 4.74 Å². The number of hydrogen-bond acceptors (Lipinski definition) is 2. The van der Waals surface area contributed by atoms with Gasteiger partial charge in [-0.15, -0.1) is 0 Å². The number of aromatic nitrogens is 1. The highest BCUT2D eigenvalue weighted by Crippen LogP contribution is 2.30. The molecule has 0 saturated carbocycles. The van der Waals surface area contributed by atoms with Crippen LogP contribution in [0.5, 0.6) is 11.6 Å². The highest BCUT2D eigenvalue weighted by Gasteiger charge is 2.11. The summed E-state index contributed by atoms with van der Waals surface area (Å²) in [6.07, 6.45) is 0. The molecule has 0 fully saturated rings. The van der Waals surface area contributed by atoms with Gasteiger partial charge in [-0.3, -0.25) is 0 Å². The summed E-state index contributed by atoms with van der Waals surface area (Å²) < 4.78 is 19.5. The maximum Gasteiger partial charge on any atom is 0.224 e. The number of hydrogen-bond donors (Lipinski definition) is 0. The van der Waals surface area contributed by atoms with Gasteiger partial charge in [0, 0.05) is 16.3 Å². The molecule has 0 saturated heterocycles. The number of fused-ring (bicyclic) bond motifs is 1. The van der Waals surface area contributed by atoms with E-state index in [2.05, 4.69) is 20.9 Å². The number of pyridine rings is 1. The molecule has 0 atom stereocenters. The highest BCUT2D eigenvalue weighted by molar-refractivity contribution is 9.08. The Morgan fingerprint density at radius 3 is 2.76 bits per heavy atom. The summed E-state index contributed by atoms with van der Waals surface area (Å²) in [5, 5.41) is 1.62. The molecular formula is C17H13BrFNO. The molecule has 0 aliphatic carbocycles. The van der Waals surface area contributed by atoms with Gasteiger partial charge in [0.1, 0.15) is 0 Å². The van der Waals surface area contributed by atoms with Crippen LogP contribution in [0.15, 0.2) is 48.5 Å². The number of halogens is 2. The molecule has 3 rings (SSSR count). The van der Waals surface area contributed by atoms with E-state index in [0.717, 1.165) is 22.0 Å². The van der Waals surface area contributed by atoms with Crippen molar-refractivity contribution in [3.8, 4) is 11.6 Å². The first kappa shape index (κ1) is 14.0. The van der Waals surface area contributed by atoms with Gasteiger partial charge in [0.15, 0.2) is 11.6 Å². The lowest BCUT2D eigenvalue weighted by Crippen LogP contribution is -1.96. The monoisotopic (exact) mass is 345 g/mol. The molecule has 2 nitrogen and oxygen atoms in total. The number of nitrogens with zero attached hydrogens (tertiary/aromatic N) is 1. The summed E-state index contributed by atoms with van der Waals surface area (Å²) in [5.74, 6) is 0.228. The maximum absolute atomic E-state index is 13.8. The summed E-state index contributed by atoms with van der Waals surface area (Å²) in [4.78, 5) is 4.49. The van der Waals surface area contributed by atoms with Crippen LogP contribution in [0.2, 0.25) is 0 Å². The standard InChI is InChI=1S/C17H13BrFNO/c1-11-6-7-14(19)16(8-11)21-17-13(10-18)9-12-4-2-3-5-15(12)20-17/h2-9H,10H2,1H3. The van der Waals surface area contributed by atoms with Crippen LogP contribution in [-0.4, -0.2) is 4.98 Å². The fraction of sp³-hybridized carbons (Fsp3) is 0.118. The minimum Gasteiger partial charge on any atom is -0.436 e. The molecule has 0 amide bonds. The molecule has 0 aliphatic rings. The zero-order chi connectivity index (χ0) is 14.8. The molecule has 4 heteroatoms. The van der Waals surface area contributed by atoms with Crippen LogP contribution in [0.4, 0.5) is 4.39 Å². The van der Waals surface area contributed by atoms with Crippen molar-refractivity contribution in [1.82, 2.24) is 4.98 Å². The van der Waals surface area contributed by atoms with Crippen LogP contribution in [0.25, 0.3) is 10.9 Å². The molecular weight excluding hydrogens is 333 g/mol. The van der Waals surface area contributed by atoms with Crippen molar-refractivity contribution < 1.29 is 9.13 Å². The van der Waals surface area contributed by atoms with Gasteiger partial charge in [-0.25, -0.2) is 9.37 Å². The largest absolute Gasteiger partial charge is 0.436 e. The molecule has 1 heterocycles. The minimum atomic E-state index is -0.393. The van der Waals surface area contributed by atoms with Crippen molar-refractivity contribution in [1.29, 1.82) is 0 Å². The summed E-state index contributed by atoms with van der Waals surface area (Å²) in [6.45, 7) is 1.89. The van der Waals surface area contributed by atoms with E-state index in [-0.39, 0.29) is 5.75 Å². The topological polar surface area (TPSA) is 22.1 Å². The van der Waals surface area contributed by atoms with Gasteiger partial charge in [0.2, 0.25) is 5.88 Å². The van der Waals surface area contributed by atoms with Crippen LogP contribution in [0.3, 0.4) is 0 Å². The molecule has 0 unspecified atom stereocenters. The lowest BCUT2D eigenvalue weighted by Gasteiger charge is -2.11. The zero-order valence-electron chi connectivity index (χ0n) is 11.4. The van der Waals surface area contributed by atoms with Gasteiger partial charge in [-0.1, -0.05) is 40.2 Å². The summed E-state index contributed by atoms with van der Waals surface area (Å²) >= 11 is 3.43. The molecule has 0 N–H and O–H groups in total. The van der Waals surface area contributed by atoms with Gasteiger partial charge in [0.05, 0.1) is 5.52 Å². The number of ether oxygens (including phenoxy) is 1. The lowest BCUT2D eigenvalue weighted by atomic mass is 10.1. The van der Waals surface area contributed by atoms with E-state index in [1.54, 1.807) is 12.1 Å². The Kier molecular flexibility index (Phi) is 3.88. The third-order valence-electron chi connectivity index (χ3n) is 3.20. The van der Waals surface area contributed by atoms with Gasteiger partial charge in [0.25, 0.3) is 0 Å². The Morgan fingerprint density at radius 2 is 1.95 bits per heavy atom. The quantitative estimate of drug-likeness (QED) is 0.595. The Hall–Kier alpha value is -1.94. The van der Waals surface area contributed by atoms with Crippen LogP contribution in [0, 0.1) is 12.7 Å². The summed E-state index contributed by atoms with van der Waals surface area (Å²) in [5.41, 5.74) is 2.65. The number of rotatable bonds is 3. The first-order valence-electron chi connectivity index (χ1n) is 6.56. The van der Waals surface area contributed by atoms with Crippen molar-refractivity contribution in [2.24, 2.45) is 0 Å². The maximum atomic E-state index is 13.8. The summed E-state index contributed by atoms with van der Waals surface area (Å²) in [7, 11) is 0. The van der Waals surface area contributed by atoms with E-state index >= 15 is 0 Å². The number of aryl methyl sites for hydroxylation is 1. The van der Waals surface area contributed by atoms with Crippen LogP contribution in [0.1, 0.15) is 11.1 Å². The number of para-hydroxylation sites is 1. The Labute approximate surface area is 130 Å². The molecule has 0 radical (unpaired) electrons. The van der Waals surface area contributed by atoms with Gasteiger partial charge >= 0.3 is 0 Å². The predicted octanol–water partition coefficient (Wildman–Crippen LogP) is 5.37. The van der Waals surface area contributed by atoms with Crippen LogP contribution in [-0.2, 0) is 5.33 Å². The lowest BCUT2D eigenvalue weighted by molar-refractivity contribution is 0.425. The smallest absolute Gasteiger partial charge is 0.224 e. The molecule has 106 valence electrons. The van der Waals surface area contributed by atoms with Crippen molar-refractivity contribution in [3.05, 3.63) is 65.5 Å². The van der Waals surface area contributed by atoms with E-state index in [9.17, 15) is 4.39 Å². The fourth-order valence-electron chi connectivity index (χ4n) is 2.12. The second-order valence-electron chi connectivity index (χ2n) is 4.81. The van der Waals surface area contributed by atoms with Crippen molar-refractivity contribution in [2.45, 2.75) is 12.3 Å². The Bertz CT molecular complexity index is 804. The number of benzene rings is 2. The second-order valence-corrected chi connectivity index (χ2v) is 5.38. The highest BCUT2D eigenvalue weighted by atomic mass is 79.9. The molecule has 3 aromatic rings. The zero-order valence-corrected chi connectivity index (χ0v) is 13.0. The van der Waals surface area contributed by atoms with Crippen molar-refractivity contribution in [3.63, 3.8) is 0 Å². The van der Waals surface area contributed by atoms with Crippen molar-refractivity contribution in [2.75, 3.05) is 0 Å². The molecule has 1 aromatic heterocycles. The molecule has 0 spiro atoms. The second kappa shape index (κ2) is 5.82. The fourth-order valence-corrected chi connectivity index (χ4v) is 2.52. The third kappa shape index (κ3) is 2.90. The van der Waals surface area contributed by atoms with Gasteiger partial charge in [-0.05, 0) is 36.8 Å². The van der Waals surface area contributed by atoms with E-state index in [1.165, 1.54) is 6.07 Å². The summed E-state index contributed by atoms with van der Waals surface area (Å²) in [6, 6.07) is 14.6. The molecule has 2 aromatic carbocycles. The molecule has 0 aliphatic heterocycles. The average molecular weight is 346 g/mol. The molecule has 21 heavy (non-hydrogen) atoms. The molecule has 0 bridgehead atoms. The normalized spacial score (nSPS) is 10.8. The predicted molar refractivity (Wildman–Crippen MR) is 85.6 cm³/mol. The van der Waals surface area contributed by atoms with Gasteiger partial charge < -0.3 is 4.74 Å². The number of alkyl halides is 1. The Balaban J connectivity index is 2.08. The van der Waals surface area contributed by atoms with E-state index in [1.807, 2.05) is 37.3 Å². The minimum absolute atomic E-state index is 0.194. The van der Waals surface area contributed by atoms with Crippen molar-refractivity contribution >= 4 is 26.8 Å². The SMILES string of the molecule is Cc1ccc(F)c(Oc2nc3ccccc3cc2CBr)c1. The van der Waals surface area contributed by atoms with Gasteiger partial charge in [-0.2, -0.15) is 0 Å². The third-order valence-corrected chi connectivity index (χ3v) is 3.80. The first-order chi connectivity index (χ1) is 10.2. The van der Waals surface area contributed by atoms with E-state index in [4.69, 9.17) is 4.74 Å².